The zero-order valence-corrected chi connectivity index (χ0v) is 21.6. The van der Waals surface area contributed by atoms with Crippen molar-refractivity contribution in [1.29, 1.82) is 0 Å². The molecule has 192 valence electrons. The van der Waals surface area contributed by atoms with Crippen LogP contribution in [0.15, 0.2) is 0 Å². The molecule has 0 radical (unpaired) electrons. The highest BCUT2D eigenvalue weighted by Crippen LogP contribution is 2.31. The minimum atomic E-state index is -0.967. The first-order chi connectivity index (χ1) is 15.7. The van der Waals surface area contributed by atoms with E-state index in [0.717, 1.165) is 38.8 Å². The maximum atomic E-state index is 13.3. The van der Waals surface area contributed by atoms with Crippen LogP contribution in [-0.2, 0) is 14.3 Å². The number of aliphatic hydroxyl groups is 2. The van der Waals surface area contributed by atoms with Crippen molar-refractivity contribution in [3.63, 3.8) is 0 Å². The first-order valence-electron chi connectivity index (χ1n) is 12.1. The van der Waals surface area contributed by atoms with Crippen LogP contribution >= 0.6 is 23.4 Å². The summed E-state index contributed by atoms with van der Waals surface area (Å²) in [5.74, 6) is -0.529. The van der Waals surface area contributed by atoms with E-state index in [4.69, 9.17) is 21.4 Å². The molecule has 1 amide bonds. The van der Waals surface area contributed by atoms with Crippen LogP contribution in [0.5, 0.6) is 0 Å². The molecule has 2 fully saturated rings. The van der Waals surface area contributed by atoms with Crippen molar-refractivity contribution in [2.75, 3.05) is 25.9 Å². The van der Waals surface area contributed by atoms with Crippen LogP contribution in [0.2, 0.25) is 0 Å². The summed E-state index contributed by atoms with van der Waals surface area (Å²) >= 11 is 7.77. The molecule has 0 aromatic rings. The fraction of sp³-hybridized carbons (Fsp3) is 0.913. The summed E-state index contributed by atoms with van der Waals surface area (Å²) in [5.41, 5.74) is -0.565. The number of rotatable bonds is 12. The number of amides is 1. The molecule has 0 spiro atoms. The third-order valence-electron chi connectivity index (χ3n) is 6.82. The number of ether oxygens (including phenoxy) is 1. The lowest BCUT2D eigenvalue weighted by atomic mass is 9.86. The second-order valence-electron chi connectivity index (χ2n) is 9.46. The highest BCUT2D eigenvalue weighted by atomic mass is 35.5. The van der Waals surface area contributed by atoms with Crippen molar-refractivity contribution in [3.8, 4) is 0 Å². The van der Waals surface area contributed by atoms with Gasteiger partial charge in [-0.25, -0.2) is 0 Å². The van der Waals surface area contributed by atoms with Gasteiger partial charge in [0.1, 0.15) is 11.5 Å². The summed E-state index contributed by atoms with van der Waals surface area (Å²) in [6.45, 7) is 6.44. The number of carboxylic acids is 1. The normalized spacial score (nSPS) is 32.8. The predicted octanol–water partition coefficient (Wildman–Crippen LogP) is 2.29. The Kier molecular flexibility index (Phi) is 12.2. The summed E-state index contributed by atoms with van der Waals surface area (Å²) in [6, 6.07) is -0.470. The minimum absolute atomic E-state index is 0.0496. The third kappa shape index (κ3) is 8.85. The van der Waals surface area contributed by atoms with Crippen molar-refractivity contribution in [2.45, 2.75) is 94.0 Å². The average molecular weight is 509 g/mol. The number of hydrogen-bond donors (Lipinski definition) is 4. The fourth-order valence-corrected chi connectivity index (χ4v) is 5.78. The van der Waals surface area contributed by atoms with Crippen LogP contribution in [0.4, 0.5) is 0 Å². The first kappa shape index (κ1) is 28.7. The Morgan fingerprint density at radius 1 is 1.21 bits per heavy atom. The number of unbranched alkanes of at least 4 members (excludes halogenated alkanes) is 2. The van der Waals surface area contributed by atoms with E-state index in [9.17, 15) is 19.8 Å². The van der Waals surface area contributed by atoms with Gasteiger partial charge in [-0.15, -0.1) is 23.4 Å². The second-order valence-corrected chi connectivity index (χ2v) is 11.1. The average Bonchev–Trinajstić information content (AvgIpc) is 2.78. The number of thioether (sulfide) groups is 1. The molecule has 0 aliphatic carbocycles. The van der Waals surface area contributed by atoms with Gasteiger partial charge >= 0.3 is 5.97 Å². The Balaban J connectivity index is 1.96. The topological polar surface area (TPSA) is 119 Å². The lowest BCUT2D eigenvalue weighted by molar-refractivity contribution is -0.149. The highest BCUT2D eigenvalue weighted by molar-refractivity contribution is 7.99. The van der Waals surface area contributed by atoms with Crippen molar-refractivity contribution >= 4 is 35.2 Å². The molecule has 6 unspecified atom stereocenters. The number of hydrogen-bond acceptors (Lipinski definition) is 7. The number of alkyl halides is 1. The van der Waals surface area contributed by atoms with E-state index in [1.807, 2.05) is 6.26 Å². The smallest absolute Gasteiger partial charge is 0.303 e. The van der Waals surface area contributed by atoms with E-state index in [-0.39, 0.29) is 24.7 Å². The Hall–Kier alpha value is -0.580. The Labute approximate surface area is 206 Å². The van der Waals surface area contributed by atoms with Gasteiger partial charge in [-0.3, -0.25) is 9.59 Å². The lowest BCUT2D eigenvalue weighted by Gasteiger charge is -2.42. The Morgan fingerprint density at radius 2 is 1.94 bits per heavy atom. The van der Waals surface area contributed by atoms with Gasteiger partial charge in [0.2, 0.25) is 5.91 Å². The maximum absolute atomic E-state index is 13.3. The number of piperidine rings is 1. The number of nitrogens with one attached hydrogen (secondary N) is 1. The first-order valence-corrected chi connectivity index (χ1v) is 13.8. The van der Waals surface area contributed by atoms with Gasteiger partial charge in [-0.2, -0.15) is 0 Å². The number of likely N-dealkylation sites (tertiary alicyclic amines) is 1. The Bertz CT molecular complexity index is 628. The third-order valence-corrected chi connectivity index (χ3v) is 7.94. The van der Waals surface area contributed by atoms with Crippen molar-refractivity contribution in [3.05, 3.63) is 0 Å². The summed E-state index contributed by atoms with van der Waals surface area (Å²) < 4.78 is 5.99. The maximum Gasteiger partial charge on any atom is 0.303 e. The summed E-state index contributed by atoms with van der Waals surface area (Å²) in [4.78, 5) is 26.3. The molecule has 0 aromatic heterocycles. The number of halogens is 1. The molecular weight excluding hydrogens is 468 g/mol. The van der Waals surface area contributed by atoms with Crippen LogP contribution in [0.1, 0.15) is 58.8 Å². The Morgan fingerprint density at radius 3 is 2.55 bits per heavy atom. The summed E-state index contributed by atoms with van der Waals surface area (Å²) in [7, 11) is 0. The molecule has 33 heavy (non-hydrogen) atoms. The lowest BCUT2D eigenvalue weighted by Crippen LogP contribution is -2.58. The molecule has 0 aromatic carbocycles. The molecule has 2 heterocycles. The van der Waals surface area contributed by atoms with Gasteiger partial charge in [0.05, 0.1) is 29.5 Å². The molecule has 8 nitrogen and oxygen atoms in total. The second kappa shape index (κ2) is 14.1. The van der Waals surface area contributed by atoms with Crippen molar-refractivity contribution in [2.24, 2.45) is 11.8 Å². The van der Waals surface area contributed by atoms with Gasteiger partial charge in [-0.1, -0.05) is 19.8 Å². The molecule has 2 saturated heterocycles. The quantitative estimate of drug-likeness (QED) is 0.234. The van der Waals surface area contributed by atoms with Crippen molar-refractivity contribution in [1.82, 2.24) is 10.2 Å². The van der Waals surface area contributed by atoms with Gasteiger partial charge in [0, 0.05) is 25.9 Å². The number of carboxylic acid groups (broad SMARTS) is 1. The van der Waals surface area contributed by atoms with Crippen LogP contribution < -0.4 is 5.32 Å². The van der Waals surface area contributed by atoms with E-state index in [2.05, 4.69) is 17.1 Å². The number of aliphatic carboxylic acids is 1. The molecule has 4 N–H and O–H groups in total. The number of aliphatic hydroxyl groups excluding tert-OH is 2. The van der Waals surface area contributed by atoms with Crippen LogP contribution in [0.25, 0.3) is 0 Å². The van der Waals surface area contributed by atoms with Crippen LogP contribution in [0.3, 0.4) is 0 Å². The molecule has 0 saturated carbocycles. The standard InChI is InChI=1S/C23H41ClN2O6S/c1-4-15-10-16(13-26(12-15)9-7-5-6-8-19(28)29)22(31)25-20(14(2)24)18-11-17(27)21(30)23(32-18)33-3/h14-18,20-21,23,27,30H,4-13H2,1-3H3,(H,25,31)(H,28,29)/t14?,15?,16?,17-,18?,20?,21?,23-/m1/s1. The molecule has 2 aliphatic rings. The minimum Gasteiger partial charge on any atom is -0.481 e. The van der Waals surface area contributed by atoms with E-state index >= 15 is 0 Å². The predicted molar refractivity (Wildman–Crippen MR) is 130 cm³/mol. The largest absolute Gasteiger partial charge is 0.481 e. The van der Waals surface area contributed by atoms with E-state index < -0.39 is 41.1 Å². The number of carbonyl (C=O) groups excluding carboxylic acids is 1. The number of carbonyl (C=O) groups is 2. The summed E-state index contributed by atoms with van der Waals surface area (Å²) in [6.07, 6.45) is 4.14. The van der Waals surface area contributed by atoms with Gasteiger partial charge < -0.3 is 30.3 Å². The van der Waals surface area contributed by atoms with Gasteiger partial charge in [-0.05, 0) is 44.9 Å². The molecule has 2 rings (SSSR count). The fourth-order valence-electron chi connectivity index (χ4n) is 4.84. The van der Waals surface area contributed by atoms with E-state index in [0.29, 0.717) is 18.9 Å². The SMILES string of the molecule is CCC1CC(C(=O)NC(C(C)Cl)C2C[C@@H](O)C(O)[C@@H](SC)O2)CN(CCCCCC(=O)O)C1. The molecule has 10 heteroatoms. The van der Waals surface area contributed by atoms with Crippen molar-refractivity contribution < 1.29 is 29.6 Å². The molecule has 2 aliphatic heterocycles. The molecule has 0 bridgehead atoms. The molecule has 8 atom stereocenters. The van der Waals surface area contributed by atoms with Crippen LogP contribution in [-0.4, -0.2) is 93.2 Å². The van der Waals surface area contributed by atoms with E-state index in [1.165, 1.54) is 11.8 Å². The zero-order valence-electron chi connectivity index (χ0n) is 20.0. The monoisotopic (exact) mass is 508 g/mol. The zero-order chi connectivity index (χ0) is 24.5. The van der Waals surface area contributed by atoms with Crippen LogP contribution in [0, 0.1) is 11.8 Å². The van der Waals surface area contributed by atoms with Gasteiger partial charge in [0.15, 0.2) is 0 Å². The summed E-state index contributed by atoms with van der Waals surface area (Å²) in [5, 5.41) is 31.9. The highest BCUT2D eigenvalue weighted by Gasteiger charge is 2.42. The van der Waals surface area contributed by atoms with Gasteiger partial charge in [0.25, 0.3) is 0 Å². The molecular formula is C23H41ClN2O6S. The van der Waals surface area contributed by atoms with E-state index in [1.54, 1.807) is 6.92 Å². The number of nitrogens with zero attached hydrogens (tertiary/aromatic N) is 1.